The first kappa shape index (κ1) is 19.1. The number of nitrogens with zero attached hydrogens (tertiary/aromatic N) is 2. The standard InChI is InChI=1S/C22H21F3N2/c1-2-3-4-5-16-14-26-21(27-15-16)19-8-6-17(7-9-19)18-10-12-20(13-11-18)22(23,24)25/h6-15H,2-5H2,1H3. The number of hydrogen-bond acceptors (Lipinski definition) is 2. The van der Waals surface area contributed by atoms with Crippen molar-refractivity contribution in [2.45, 2.75) is 38.8 Å². The summed E-state index contributed by atoms with van der Waals surface area (Å²) in [6.07, 6.45) is 3.92. The molecule has 0 saturated heterocycles. The second-order valence-electron chi connectivity index (χ2n) is 6.52. The molecule has 0 aliphatic rings. The fourth-order valence-corrected chi connectivity index (χ4v) is 2.88. The van der Waals surface area contributed by atoms with E-state index in [-0.39, 0.29) is 0 Å². The lowest BCUT2D eigenvalue weighted by atomic mass is 10.0. The molecule has 27 heavy (non-hydrogen) atoms. The Bertz CT molecular complexity index is 852. The van der Waals surface area contributed by atoms with E-state index in [2.05, 4.69) is 16.9 Å². The summed E-state index contributed by atoms with van der Waals surface area (Å²) in [4.78, 5) is 8.87. The smallest absolute Gasteiger partial charge is 0.236 e. The summed E-state index contributed by atoms with van der Waals surface area (Å²) in [5.74, 6) is 0.646. The van der Waals surface area contributed by atoms with Crippen LogP contribution in [0.4, 0.5) is 13.2 Å². The van der Waals surface area contributed by atoms with Crippen LogP contribution in [-0.4, -0.2) is 9.97 Å². The molecule has 0 saturated carbocycles. The van der Waals surface area contributed by atoms with Crippen molar-refractivity contribution in [2.24, 2.45) is 0 Å². The number of unbranched alkanes of at least 4 members (excludes halogenated alkanes) is 2. The summed E-state index contributed by atoms with van der Waals surface area (Å²) in [6, 6.07) is 12.7. The second kappa shape index (κ2) is 8.33. The number of hydrogen-bond donors (Lipinski definition) is 0. The molecule has 0 spiro atoms. The van der Waals surface area contributed by atoms with Gasteiger partial charge < -0.3 is 0 Å². The third-order valence-electron chi connectivity index (χ3n) is 4.46. The van der Waals surface area contributed by atoms with Gasteiger partial charge in [-0.2, -0.15) is 13.2 Å². The number of rotatable bonds is 6. The molecule has 0 aliphatic heterocycles. The maximum absolute atomic E-state index is 12.7. The van der Waals surface area contributed by atoms with Crippen molar-refractivity contribution in [1.29, 1.82) is 0 Å². The van der Waals surface area contributed by atoms with Gasteiger partial charge in [0.1, 0.15) is 0 Å². The molecule has 0 amide bonds. The highest BCUT2D eigenvalue weighted by Crippen LogP contribution is 2.31. The van der Waals surface area contributed by atoms with E-state index in [0.717, 1.165) is 47.2 Å². The highest BCUT2D eigenvalue weighted by molar-refractivity contribution is 5.67. The lowest BCUT2D eigenvalue weighted by Crippen LogP contribution is -2.03. The van der Waals surface area contributed by atoms with E-state index < -0.39 is 11.7 Å². The van der Waals surface area contributed by atoms with Crippen molar-refractivity contribution in [2.75, 3.05) is 0 Å². The van der Waals surface area contributed by atoms with Crippen molar-refractivity contribution in [3.8, 4) is 22.5 Å². The Hall–Kier alpha value is -2.69. The molecule has 5 heteroatoms. The van der Waals surface area contributed by atoms with Gasteiger partial charge in [0.25, 0.3) is 0 Å². The van der Waals surface area contributed by atoms with Crippen molar-refractivity contribution >= 4 is 0 Å². The summed E-state index contributed by atoms with van der Waals surface area (Å²) in [5, 5.41) is 0. The Labute approximate surface area is 157 Å². The van der Waals surface area contributed by atoms with E-state index in [4.69, 9.17) is 0 Å². The highest BCUT2D eigenvalue weighted by atomic mass is 19.4. The van der Waals surface area contributed by atoms with Crippen LogP contribution in [0.25, 0.3) is 22.5 Å². The van der Waals surface area contributed by atoms with Crippen LogP contribution in [0.3, 0.4) is 0 Å². The zero-order valence-electron chi connectivity index (χ0n) is 15.1. The van der Waals surface area contributed by atoms with Crippen LogP contribution in [-0.2, 0) is 12.6 Å². The van der Waals surface area contributed by atoms with Gasteiger partial charge >= 0.3 is 6.18 Å². The van der Waals surface area contributed by atoms with Gasteiger partial charge in [-0.15, -0.1) is 0 Å². The predicted molar refractivity (Wildman–Crippen MR) is 101 cm³/mol. The molecule has 0 fully saturated rings. The molecule has 0 bridgehead atoms. The van der Waals surface area contributed by atoms with Gasteiger partial charge in [-0.05, 0) is 41.7 Å². The Morgan fingerprint density at radius 3 is 1.78 bits per heavy atom. The maximum atomic E-state index is 12.7. The number of benzene rings is 2. The van der Waals surface area contributed by atoms with Crippen LogP contribution < -0.4 is 0 Å². The highest BCUT2D eigenvalue weighted by Gasteiger charge is 2.29. The Balaban J connectivity index is 1.71. The van der Waals surface area contributed by atoms with Gasteiger partial charge in [0.15, 0.2) is 5.82 Å². The van der Waals surface area contributed by atoms with Crippen LogP contribution in [0.2, 0.25) is 0 Å². The van der Waals surface area contributed by atoms with E-state index in [1.807, 2.05) is 36.7 Å². The van der Waals surface area contributed by atoms with Crippen LogP contribution in [0.1, 0.15) is 37.3 Å². The molecule has 2 nitrogen and oxygen atoms in total. The average molecular weight is 370 g/mol. The minimum atomic E-state index is -4.32. The Morgan fingerprint density at radius 2 is 1.26 bits per heavy atom. The van der Waals surface area contributed by atoms with Gasteiger partial charge in [0, 0.05) is 18.0 Å². The van der Waals surface area contributed by atoms with Crippen molar-refractivity contribution < 1.29 is 13.2 Å². The molecule has 0 N–H and O–H groups in total. The summed E-state index contributed by atoms with van der Waals surface area (Å²) in [6.45, 7) is 2.17. The number of alkyl halides is 3. The molecule has 3 rings (SSSR count). The molecule has 0 atom stereocenters. The molecule has 0 radical (unpaired) electrons. The largest absolute Gasteiger partial charge is 0.416 e. The fourth-order valence-electron chi connectivity index (χ4n) is 2.88. The van der Waals surface area contributed by atoms with Gasteiger partial charge in [-0.3, -0.25) is 0 Å². The van der Waals surface area contributed by atoms with E-state index in [0.29, 0.717) is 5.82 Å². The van der Waals surface area contributed by atoms with E-state index in [1.54, 1.807) is 0 Å². The molecule has 1 heterocycles. The van der Waals surface area contributed by atoms with Crippen LogP contribution in [0.15, 0.2) is 60.9 Å². The number of halogens is 3. The summed E-state index contributed by atoms with van der Waals surface area (Å²) >= 11 is 0. The Morgan fingerprint density at radius 1 is 0.741 bits per heavy atom. The Kier molecular flexibility index (Phi) is 5.89. The predicted octanol–water partition coefficient (Wildman–Crippen LogP) is 6.56. The van der Waals surface area contributed by atoms with Crippen molar-refractivity contribution in [1.82, 2.24) is 9.97 Å². The zero-order chi connectivity index (χ0) is 19.3. The van der Waals surface area contributed by atoms with Crippen LogP contribution in [0.5, 0.6) is 0 Å². The molecular weight excluding hydrogens is 349 g/mol. The topological polar surface area (TPSA) is 25.8 Å². The van der Waals surface area contributed by atoms with Crippen molar-refractivity contribution in [3.05, 3.63) is 72.1 Å². The normalized spacial score (nSPS) is 11.6. The number of aromatic nitrogens is 2. The van der Waals surface area contributed by atoms with Gasteiger partial charge in [-0.25, -0.2) is 9.97 Å². The second-order valence-corrected chi connectivity index (χ2v) is 6.52. The first-order valence-electron chi connectivity index (χ1n) is 9.06. The van der Waals surface area contributed by atoms with Crippen LogP contribution in [0, 0.1) is 0 Å². The molecule has 3 aromatic rings. The lowest BCUT2D eigenvalue weighted by molar-refractivity contribution is -0.137. The molecule has 2 aromatic carbocycles. The monoisotopic (exact) mass is 370 g/mol. The SMILES string of the molecule is CCCCCc1cnc(-c2ccc(-c3ccc(C(F)(F)F)cc3)cc2)nc1. The zero-order valence-corrected chi connectivity index (χ0v) is 15.1. The average Bonchev–Trinajstić information content (AvgIpc) is 2.68. The first-order valence-corrected chi connectivity index (χ1v) is 9.06. The van der Waals surface area contributed by atoms with Gasteiger partial charge in [0.05, 0.1) is 5.56 Å². The summed E-state index contributed by atoms with van der Waals surface area (Å²) < 4.78 is 38.0. The molecule has 140 valence electrons. The van der Waals surface area contributed by atoms with Gasteiger partial charge in [0.2, 0.25) is 0 Å². The van der Waals surface area contributed by atoms with E-state index in [1.165, 1.54) is 25.0 Å². The van der Waals surface area contributed by atoms with Crippen LogP contribution >= 0.6 is 0 Å². The number of aryl methyl sites for hydroxylation is 1. The molecule has 0 unspecified atom stereocenters. The van der Waals surface area contributed by atoms with E-state index in [9.17, 15) is 13.2 Å². The molecular formula is C22H21F3N2. The third-order valence-corrected chi connectivity index (χ3v) is 4.46. The molecule has 1 aromatic heterocycles. The quantitative estimate of drug-likeness (QED) is 0.459. The van der Waals surface area contributed by atoms with Gasteiger partial charge in [-0.1, -0.05) is 56.2 Å². The van der Waals surface area contributed by atoms with Crippen molar-refractivity contribution in [3.63, 3.8) is 0 Å². The minimum Gasteiger partial charge on any atom is -0.236 e. The fraction of sp³-hybridized carbons (Fsp3) is 0.273. The first-order chi connectivity index (χ1) is 13.0. The molecule has 0 aliphatic carbocycles. The summed E-state index contributed by atoms with van der Waals surface area (Å²) in [7, 11) is 0. The maximum Gasteiger partial charge on any atom is 0.416 e. The third kappa shape index (κ3) is 4.94. The van der Waals surface area contributed by atoms with E-state index >= 15 is 0 Å². The summed E-state index contributed by atoms with van der Waals surface area (Å²) in [5.41, 5.74) is 2.96. The minimum absolute atomic E-state index is 0.643. The lowest BCUT2D eigenvalue weighted by Gasteiger charge is -2.08.